The van der Waals surface area contributed by atoms with Crippen molar-refractivity contribution in [3.63, 3.8) is 0 Å². The first-order valence-electron chi connectivity index (χ1n) is 3.97. The molecule has 0 bridgehead atoms. The Morgan fingerprint density at radius 2 is 2.42 bits per heavy atom. The Bertz CT molecular complexity index is 252. The summed E-state index contributed by atoms with van der Waals surface area (Å²) in [4.78, 5) is 7.82. The van der Waals surface area contributed by atoms with E-state index in [9.17, 15) is 0 Å². The van der Waals surface area contributed by atoms with Crippen LogP contribution >= 0.6 is 0 Å². The third kappa shape index (κ3) is 2.38. The Balaban J connectivity index is 2.63. The number of ether oxygens (including phenoxy) is 1. The minimum absolute atomic E-state index is 0.131. The van der Waals surface area contributed by atoms with Crippen molar-refractivity contribution >= 4 is 5.82 Å². The summed E-state index contributed by atoms with van der Waals surface area (Å²) in [6.07, 6.45) is 2.64. The fraction of sp³-hybridized carbons (Fsp3) is 0.500. The van der Waals surface area contributed by atoms with Gasteiger partial charge in [0, 0.05) is 6.20 Å². The molecule has 0 fully saturated rings. The van der Waals surface area contributed by atoms with E-state index in [2.05, 4.69) is 9.97 Å². The van der Waals surface area contributed by atoms with Crippen molar-refractivity contribution < 1.29 is 4.74 Å². The summed E-state index contributed by atoms with van der Waals surface area (Å²) >= 11 is 0. The summed E-state index contributed by atoms with van der Waals surface area (Å²) in [6, 6.07) is 1.98. The predicted octanol–water partition coefficient (Wildman–Crippen LogP) is 1.24. The Kier molecular flexibility index (Phi) is 2.85. The average molecular weight is 167 g/mol. The van der Waals surface area contributed by atoms with E-state index in [4.69, 9.17) is 10.5 Å². The second-order valence-electron chi connectivity index (χ2n) is 2.60. The van der Waals surface area contributed by atoms with Crippen LogP contribution in [0.15, 0.2) is 12.3 Å². The normalized spacial score (nSPS) is 12.5. The van der Waals surface area contributed by atoms with Crippen molar-refractivity contribution in [2.24, 2.45) is 0 Å². The van der Waals surface area contributed by atoms with Gasteiger partial charge in [-0.2, -0.15) is 4.98 Å². The summed E-state index contributed by atoms with van der Waals surface area (Å²) in [5.74, 6) is 0.434. The number of nitrogens with zero attached hydrogens (tertiary/aromatic N) is 2. The van der Waals surface area contributed by atoms with Crippen molar-refractivity contribution in [2.45, 2.75) is 26.4 Å². The molecule has 4 heteroatoms. The molecule has 0 spiro atoms. The number of nitrogen functional groups attached to an aromatic ring is 1. The van der Waals surface area contributed by atoms with E-state index in [0.29, 0.717) is 11.8 Å². The molecule has 1 aromatic heterocycles. The smallest absolute Gasteiger partial charge is 0.318 e. The molecule has 1 atom stereocenters. The van der Waals surface area contributed by atoms with Gasteiger partial charge in [0.1, 0.15) is 5.82 Å². The molecule has 4 nitrogen and oxygen atoms in total. The molecule has 1 aromatic rings. The van der Waals surface area contributed by atoms with Crippen LogP contribution < -0.4 is 10.5 Å². The highest BCUT2D eigenvalue weighted by atomic mass is 16.5. The van der Waals surface area contributed by atoms with Gasteiger partial charge in [0.25, 0.3) is 0 Å². The quantitative estimate of drug-likeness (QED) is 0.735. The molecule has 66 valence electrons. The van der Waals surface area contributed by atoms with Gasteiger partial charge in [-0.15, -0.1) is 0 Å². The molecule has 1 heterocycles. The molecule has 0 aromatic carbocycles. The molecule has 1 unspecified atom stereocenters. The highest BCUT2D eigenvalue weighted by molar-refractivity contribution is 5.26. The lowest BCUT2D eigenvalue weighted by Gasteiger charge is -2.09. The van der Waals surface area contributed by atoms with Crippen LogP contribution in [0, 0.1) is 0 Å². The molecule has 0 saturated carbocycles. The molecule has 0 aliphatic rings. The Morgan fingerprint density at radius 3 is 3.00 bits per heavy atom. The summed E-state index contributed by atoms with van der Waals surface area (Å²) < 4.78 is 5.34. The van der Waals surface area contributed by atoms with Crippen LogP contribution in [0.4, 0.5) is 5.82 Å². The third-order valence-corrected chi connectivity index (χ3v) is 1.54. The monoisotopic (exact) mass is 167 g/mol. The molecule has 12 heavy (non-hydrogen) atoms. The molecule has 0 aliphatic heterocycles. The molecular weight excluding hydrogens is 154 g/mol. The lowest BCUT2D eigenvalue weighted by atomic mass is 10.3. The van der Waals surface area contributed by atoms with Crippen LogP contribution in [0.2, 0.25) is 0 Å². The lowest BCUT2D eigenvalue weighted by Crippen LogP contribution is -2.12. The topological polar surface area (TPSA) is 61.0 Å². The van der Waals surface area contributed by atoms with Crippen LogP contribution in [0.3, 0.4) is 0 Å². The highest BCUT2D eigenvalue weighted by Gasteiger charge is 2.02. The van der Waals surface area contributed by atoms with Crippen LogP contribution in [0.1, 0.15) is 20.3 Å². The maximum Gasteiger partial charge on any atom is 0.318 e. The fourth-order valence-electron chi connectivity index (χ4n) is 0.674. The van der Waals surface area contributed by atoms with Gasteiger partial charge in [-0.05, 0) is 19.4 Å². The molecule has 0 radical (unpaired) electrons. The summed E-state index contributed by atoms with van der Waals surface area (Å²) in [6.45, 7) is 4.00. The maximum atomic E-state index is 5.44. The van der Waals surface area contributed by atoms with Gasteiger partial charge in [0.05, 0.1) is 6.10 Å². The van der Waals surface area contributed by atoms with E-state index < -0.39 is 0 Å². The van der Waals surface area contributed by atoms with Gasteiger partial charge in [0.15, 0.2) is 0 Å². The highest BCUT2D eigenvalue weighted by Crippen LogP contribution is 2.07. The lowest BCUT2D eigenvalue weighted by molar-refractivity contribution is 0.199. The second-order valence-corrected chi connectivity index (χ2v) is 2.60. The van der Waals surface area contributed by atoms with Gasteiger partial charge in [-0.25, -0.2) is 4.98 Å². The number of anilines is 1. The zero-order valence-electron chi connectivity index (χ0n) is 7.32. The SMILES string of the molecule is CCC(C)Oc1nccc(N)n1. The standard InChI is InChI=1S/C8H13N3O/c1-3-6(2)12-8-10-5-4-7(9)11-8/h4-6H,3H2,1-2H3,(H2,9,10,11). The van der Waals surface area contributed by atoms with Crippen molar-refractivity contribution in [1.82, 2.24) is 9.97 Å². The number of nitrogens with two attached hydrogens (primary N) is 1. The predicted molar refractivity (Wildman–Crippen MR) is 46.8 cm³/mol. The number of hydrogen-bond donors (Lipinski definition) is 1. The minimum Gasteiger partial charge on any atom is -0.460 e. The molecule has 1 rings (SSSR count). The van der Waals surface area contributed by atoms with Crippen LogP contribution in [0.25, 0.3) is 0 Å². The van der Waals surface area contributed by atoms with Gasteiger partial charge in [0.2, 0.25) is 0 Å². The van der Waals surface area contributed by atoms with E-state index in [1.807, 2.05) is 13.8 Å². The number of aromatic nitrogens is 2. The first kappa shape index (κ1) is 8.77. The van der Waals surface area contributed by atoms with Crippen LogP contribution in [0.5, 0.6) is 6.01 Å². The first-order valence-corrected chi connectivity index (χ1v) is 3.97. The third-order valence-electron chi connectivity index (χ3n) is 1.54. The zero-order chi connectivity index (χ0) is 8.97. The van der Waals surface area contributed by atoms with E-state index >= 15 is 0 Å². The van der Waals surface area contributed by atoms with Gasteiger partial charge in [-0.1, -0.05) is 6.92 Å². The number of rotatable bonds is 3. The molecular formula is C8H13N3O. The zero-order valence-corrected chi connectivity index (χ0v) is 7.32. The van der Waals surface area contributed by atoms with E-state index in [0.717, 1.165) is 6.42 Å². The summed E-state index contributed by atoms with van der Waals surface area (Å²) in [7, 11) is 0. The fourth-order valence-corrected chi connectivity index (χ4v) is 0.674. The van der Waals surface area contributed by atoms with Gasteiger partial charge >= 0.3 is 6.01 Å². The Morgan fingerprint density at radius 1 is 1.67 bits per heavy atom. The summed E-state index contributed by atoms with van der Waals surface area (Å²) in [5, 5.41) is 0. The minimum atomic E-state index is 0.131. The van der Waals surface area contributed by atoms with Crippen molar-refractivity contribution in [3.8, 4) is 6.01 Å². The average Bonchev–Trinajstić information content (AvgIpc) is 2.04. The van der Waals surface area contributed by atoms with E-state index in [1.54, 1.807) is 12.3 Å². The van der Waals surface area contributed by atoms with Crippen molar-refractivity contribution in [3.05, 3.63) is 12.3 Å². The van der Waals surface area contributed by atoms with Gasteiger partial charge < -0.3 is 10.5 Å². The Labute approximate surface area is 71.8 Å². The maximum absolute atomic E-state index is 5.44. The molecule has 0 saturated heterocycles. The molecule has 0 aliphatic carbocycles. The van der Waals surface area contributed by atoms with Crippen LogP contribution in [-0.2, 0) is 0 Å². The summed E-state index contributed by atoms with van der Waals surface area (Å²) in [5.41, 5.74) is 5.44. The van der Waals surface area contributed by atoms with E-state index in [-0.39, 0.29) is 6.10 Å². The molecule has 0 amide bonds. The van der Waals surface area contributed by atoms with Gasteiger partial charge in [-0.3, -0.25) is 0 Å². The van der Waals surface area contributed by atoms with Crippen LogP contribution in [-0.4, -0.2) is 16.1 Å². The number of hydrogen-bond acceptors (Lipinski definition) is 4. The van der Waals surface area contributed by atoms with E-state index in [1.165, 1.54) is 0 Å². The first-order chi connectivity index (χ1) is 5.72. The Hall–Kier alpha value is -1.32. The largest absolute Gasteiger partial charge is 0.460 e. The molecule has 2 N–H and O–H groups in total. The second kappa shape index (κ2) is 3.90. The van der Waals surface area contributed by atoms with Crippen molar-refractivity contribution in [1.29, 1.82) is 0 Å². The van der Waals surface area contributed by atoms with Crippen molar-refractivity contribution in [2.75, 3.05) is 5.73 Å².